The van der Waals surface area contributed by atoms with Crippen molar-refractivity contribution in [1.82, 2.24) is 0 Å². The molecule has 0 radical (unpaired) electrons. The number of hydrogen-bond acceptors (Lipinski definition) is 0. The average Bonchev–Trinajstić information content (AvgIpc) is 3.42. The molecule has 2 unspecified atom stereocenters. The van der Waals surface area contributed by atoms with Gasteiger partial charge in [-0.1, -0.05) is 39.5 Å². The molecule has 0 aliphatic heterocycles. The third kappa shape index (κ3) is 9.11. The molecular formula is C39H61Cl2SiZr. The van der Waals surface area contributed by atoms with Crippen LogP contribution in [0, 0.1) is 0 Å². The first-order valence-corrected chi connectivity index (χ1v) is 27.1. The van der Waals surface area contributed by atoms with Crippen molar-refractivity contribution in [3.63, 3.8) is 0 Å². The van der Waals surface area contributed by atoms with Crippen molar-refractivity contribution in [2.45, 2.75) is 146 Å². The van der Waals surface area contributed by atoms with Gasteiger partial charge in [-0.3, -0.25) is 0 Å². The Hall–Kier alpha value is -0.400. The summed E-state index contributed by atoms with van der Waals surface area (Å²) in [6, 6.07) is 10.3. The molecule has 2 atom stereocenters. The topological polar surface area (TPSA) is 0 Å². The minimum atomic E-state index is -1.87. The average molecular weight is 720 g/mol. The molecule has 0 nitrogen and oxygen atoms in total. The Morgan fingerprint density at radius 3 is 1.21 bits per heavy atom. The van der Waals surface area contributed by atoms with Crippen LogP contribution in [0.15, 0.2) is 35.4 Å². The van der Waals surface area contributed by atoms with E-state index in [2.05, 4.69) is 126 Å². The maximum atomic E-state index is 2.65. The Labute approximate surface area is 288 Å². The molecule has 2 aliphatic carbocycles. The van der Waals surface area contributed by atoms with Crippen LogP contribution in [0.1, 0.15) is 184 Å². The van der Waals surface area contributed by atoms with E-state index in [1.165, 1.54) is 25.7 Å². The molecule has 0 N–H and O–H groups in total. The third-order valence-corrected chi connectivity index (χ3v) is 28.6. The summed E-state index contributed by atoms with van der Waals surface area (Å²) in [5.41, 5.74) is 16.2. The van der Waals surface area contributed by atoms with Gasteiger partial charge in [0.1, 0.15) is 0 Å². The monoisotopic (exact) mass is 717 g/mol. The molecule has 0 bridgehead atoms. The van der Waals surface area contributed by atoms with Crippen LogP contribution < -0.4 is 24.8 Å². The van der Waals surface area contributed by atoms with Crippen LogP contribution in [0.5, 0.6) is 0 Å². The number of unbranched alkanes of at least 4 members (excludes halogenated alkanes) is 3. The maximum absolute atomic E-state index is 2.65. The maximum Gasteiger partial charge on any atom is -1.00 e. The van der Waals surface area contributed by atoms with Gasteiger partial charge in [0.25, 0.3) is 0 Å². The van der Waals surface area contributed by atoms with E-state index in [9.17, 15) is 0 Å². The van der Waals surface area contributed by atoms with E-state index in [0.29, 0.717) is 23.7 Å². The summed E-state index contributed by atoms with van der Waals surface area (Å²) in [5.74, 6) is 2.32. The van der Waals surface area contributed by atoms with Crippen LogP contribution >= 0.6 is 0 Å². The van der Waals surface area contributed by atoms with E-state index >= 15 is 0 Å². The largest absolute Gasteiger partial charge is 1.00 e. The molecule has 0 amide bonds. The molecule has 2 aromatic carbocycles. The van der Waals surface area contributed by atoms with Crippen molar-refractivity contribution < 1.29 is 45.7 Å². The van der Waals surface area contributed by atoms with Gasteiger partial charge in [0.2, 0.25) is 0 Å². The van der Waals surface area contributed by atoms with Crippen molar-refractivity contribution >= 4 is 18.8 Å². The summed E-state index contributed by atoms with van der Waals surface area (Å²) in [6.45, 7) is 30.9. The van der Waals surface area contributed by atoms with E-state index in [-0.39, 0.29) is 31.5 Å². The second-order valence-electron chi connectivity index (χ2n) is 14.1. The molecule has 2 aliphatic rings. The molecule has 0 spiro atoms. The van der Waals surface area contributed by atoms with Gasteiger partial charge in [0.05, 0.1) is 0 Å². The number of halogens is 2. The Balaban J connectivity index is 0.00000105. The van der Waals surface area contributed by atoms with E-state index in [1.807, 2.05) is 0 Å². The van der Waals surface area contributed by atoms with Gasteiger partial charge in [0.15, 0.2) is 0 Å². The summed E-state index contributed by atoms with van der Waals surface area (Å²) >= 11 is -1.87. The number of allylic oxidation sites excluding steroid dienone is 2. The van der Waals surface area contributed by atoms with Crippen LogP contribution in [-0.4, -0.2) is 6.65 Å². The van der Waals surface area contributed by atoms with Crippen LogP contribution in [-0.2, 0) is 20.9 Å². The van der Waals surface area contributed by atoms with Crippen LogP contribution in [0.3, 0.4) is 0 Å². The number of fused-ring (bicyclic) bond motifs is 2. The standard InChI is InChI=1S/2C16H21.C6H14.CH5Si.2ClH.Zr/c2*1-10(2)13-8-14-6-12(5)7-16(14)15(9-13)11(3)4;1-3-5-6-4-2;1-2;;;/h2*6-11H,1-5H3;3-6H2,1-2H3;2H2,1H3;2*1H;/q;;;;;;+2/p-2. The molecular weight excluding hydrogens is 659 g/mol. The summed E-state index contributed by atoms with van der Waals surface area (Å²) in [4.78, 5) is 0. The summed E-state index contributed by atoms with van der Waals surface area (Å²) < 4.78 is 1.51. The van der Waals surface area contributed by atoms with Crippen molar-refractivity contribution in [2.75, 3.05) is 0 Å². The van der Waals surface area contributed by atoms with E-state index in [0.717, 1.165) is 7.25 Å². The quantitative estimate of drug-likeness (QED) is 0.205. The molecule has 2 aromatic rings. The zero-order valence-electron chi connectivity index (χ0n) is 29.7. The van der Waals surface area contributed by atoms with Gasteiger partial charge in [-0.25, -0.2) is 0 Å². The molecule has 0 heterocycles. The van der Waals surface area contributed by atoms with Crippen molar-refractivity contribution in [1.29, 1.82) is 0 Å². The molecule has 0 saturated carbocycles. The second kappa shape index (κ2) is 18.1. The summed E-state index contributed by atoms with van der Waals surface area (Å²) in [5, 5.41) is 0. The SMILES string of the molecule is CCCCCC.C[SiH2][Zr+2]([CH]1C(C)=Cc2c(C(C)C)cc(C(C)C)cc21)[CH]1C(C)=Cc2c(C(C)C)cc(C(C)C)cc21.[Cl-].[Cl-]. The van der Waals surface area contributed by atoms with Crippen molar-refractivity contribution in [2.24, 2.45) is 0 Å². The summed E-state index contributed by atoms with van der Waals surface area (Å²) in [6.07, 6.45) is 10.7. The van der Waals surface area contributed by atoms with Crippen molar-refractivity contribution in [3.05, 3.63) is 79.9 Å². The minimum Gasteiger partial charge on any atom is -1.00 e. The Bertz CT molecular complexity index is 1160. The summed E-state index contributed by atoms with van der Waals surface area (Å²) in [7, 11) is 0. The zero-order chi connectivity index (χ0) is 30.6. The Kier molecular flexibility index (Phi) is 17.1. The molecule has 0 fully saturated rings. The molecule has 239 valence electrons. The fourth-order valence-corrected chi connectivity index (χ4v) is 27.5. The van der Waals surface area contributed by atoms with Gasteiger partial charge in [-0.15, -0.1) is 0 Å². The fraction of sp³-hybridized carbons (Fsp3) is 0.590. The van der Waals surface area contributed by atoms with Crippen molar-refractivity contribution in [3.8, 4) is 0 Å². The first-order chi connectivity index (χ1) is 19.4. The van der Waals surface area contributed by atoms with E-state index in [1.54, 1.807) is 55.7 Å². The number of rotatable bonds is 10. The Morgan fingerprint density at radius 2 is 0.953 bits per heavy atom. The van der Waals surface area contributed by atoms with Crippen LogP contribution in [0.25, 0.3) is 12.2 Å². The molecule has 0 aromatic heterocycles. The minimum absolute atomic E-state index is 0. The normalized spacial score (nSPS) is 17.0. The van der Waals surface area contributed by atoms with Crippen LogP contribution in [0.4, 0.5) is 0 Å². The zero-order valence-corrected chi connectivity index (χ0v) is 35.1. The number of benzene rings is 2. The predicted octanol–water partition coefficient (Wildman–Crippen LogP) is 6.14. The number of hydrogen-bond donors (Lipinski definition) is 0. The smallest absolute Gasteiger partial charge is 1.00 e. The molecule has 4 heteroatoms. The van der Waals surface area contributed by atoms with Gasteiger partial charge in [-0.05, 0) is 0 Å². The third-order valence-electron chi connectivity index (χ3n) is 9.49. The Morgan fingerprint density at radius 1 is 0.605 bits per heavy atom. The van der Waals surface area contributed by atoms with E-state index in [4.69, 9.17) is 0 Å². The predicted molar refractivity (Wildman–Crippen MR) is 186 cm³/mol. The fourth-order valence-electron chi connectivity index (χ4n) is 7.05. The van der Waals surface area contributed by atoms with Gasteiger partial charge in [0, 0.05) is 0 Å². The van der Waals surface area contributed by atoms with Crippen LogP contribution in [0.2, 0.25) is 6.55 Å². The molecule has 43 heavy (non-hydrogen) atoms. The first kappa shape index (κ1) is 40.6. The van der Waals surface area contributed by atoms with E-state index < -0.39 is 20.9 Å². The van der Waals surface area contributed by atoms with Gasteiger partial charge < -0.3 is 24.8 Å². The molecule has 0 saturated heterocycles. The van der Waals surface area contributed by atoms with Gasteiger partial charge >= 0.3 is 226 Å². The second-order valence-corrected chi connectivity index (χ2v) is 30.5. The van der Waals surface area contributed by atoms with Gasteiger partial charge in [-0.2, -0.15) is 0 Å². The molecule has 4 rings (SSSR count). The first-order valence-electron chi connectivity index (χ1n) is 16.9.